The zero-order valence-corrected chi connectivity index (χ0v) is 20.8. The molecule has 1 atom stereocenters. The van der Waals surface area contributed by atoms with Gasteiger partial charge < -0.3 is 24.8 Å². The molecule has 0 saturated carbocycles. The molecular weight excluding hydrogens is 492 g/mol. The van der Waals surface area contributed by atoms with Crippen LogP contribution in [0.4, 0.5) is 0 Å². The second-order valence-corrected chi connectivity index (χ2v) is 9.18. The van der Waals surface area contributed by atoms with Crippen LogP contribution in [0, 0.1) is 0 Å². The summed E-state index contributed by atoms with van der Waals surface area (Å²) in [6, 6.07) is 18.0. The summed E-state index contributed by atoms with van der Waals surface area (Å²) in [6.45, 7) is 2.45. The molecule has 1 aliphatic heterocycles. The Bertz CT molecular complexity index is 1540. The maximum atomic E-state index is 13.3. The number of aliphatic hydroxyl groups excluding tert-OH is 1. The van der Waals surface area contributed by atoms with Crippen molar-refractivity contribution in [2.45, 2.75) is 19.4 Å². The summed E-state index contributed by atoms with van der Waals surface area (Å²) in [7, 11) is 0. The summed E-state index contributed by atoms with van der Waals surface area (Å²) in [5.74, 6) is -1.49. The molecule has 0 spiro atoms. The van der Waals surface area contributed by atoms with E-state index in [0.717, 1.165) is 16.5 Å². The number of phenols is 1. The number of aromatic amines is 1. The van der Waals surface area contributed by atoms with Crippen LogP contribution in [0.15, 0.2) is 78.5 Å². The van der Waals surface area contributed by atoms with Gasteiger partial charge in [-0.25, -0.2) is 0 Å². The Balaban J connectivity index is 1.59. The molecule has 1 unspecified atom stereocenters. The van der Waals surface area contributed by atoms with E-state index in [0.29, 0.717) is 24.3 Å². The number of H-pyrrole nitrogens is 1. The van der Waals surface area contributed by atoms with E-state index in [9.17, 15) is 19.8 Å². The number of benzene rings is 3. The minimum atomic E-state index is -0.913. The molecule has 0 radical (unpaired) electrons. The third-order valence-corrected chi connectivity index (χ3v) is 6.86. The van der Waals surface area contributed by atoms with Crippen LogP contribution in [0.25, 0.3) is 16.7 Å². The average Bonchev–Trinajstić information content (AvgIpc) is 3.42. The van der Waals surface area contributed by atoms with E-state index in [1.165, 1.54) is 17.0 Å². The molecule has 7 nitrogen and oxygen atoms in total. The molecule has 2 heterocycles. The zero-order chi connectivity index (χ0) is 26.1. The number of fused-ring (bicyclic) bond motifs is 1. The number of likely N-dealkylation sites (tertiary alicyclic amines) is 1. The third-order valence-electron chi connectivity index (χ3n) is 6.53. The molecule has 0 bridgehead atoms. The molecule has 1 aliphatic rings. The van der Waals surface area contributed by atoms with Crippen molar-refractivity contribution in [3.8, 4) is 11.5 Å². The van der Waals surface area contributed by atoms with Gasteiger partial charge >= 0.3 is 0 Å². The van der Waals surface area contributed by atoms with E-state index >= 15 is 0 Å². The largest absolute Gasteiger partial charge is 0.508 e. The van der Waals surface area contributed by atoms with Crippen LogP contribution in [-0.4, -0.2) is 44.9 Å². The number of aromatic hydroxyl groups is 1. The highest BCUT2D eigenvalue weighted by Gasteiger charge is 2.46. The molecule has 5 rings (SSSR count). The summed E-state index contributed by atoms with van der Waals surface area (Å²) in [5.41, 5.74) is 2.57. The number of aromatic nitrogens is 1. The second-order valence-electron chi connectivity index (χ2n) is 8.77. The topological polar surface area (TPSA) is 103 Å². The number of hydrogen-bond acceptors (Lipinski definition) is 5. The first-order valence-electron chi connectivity index (χ1n) is 11.9. The average molecular weight is 517 g/mol. The molecular formula is C29H25ClN2O5. The molecule has 0 aliphatic carbocycles. The molecule has 1 saturated heterocycles. The van der Waals surface area contributed by atoms with E-state index in [1.54, 1.807) is 30.3 Å². The molecule has 1 aromatic heterocycles. The number of Topliss-reactive ketones (excluding diaryl/α,β-unsaturated/α-hetero) is 1. The second kappa shape index (κ2) is 10.0. The third kappa shape index (κ3) is 4.54. The van der Waals surface area contributed by atoms with Crippen LogP contribution in [0.2, 0.25) is 5.02 Å². The summed E-state index contributed by atoms with van der Waals surface area (Å²) >= 11 is 6.39. The van der Waals surface area contributed by atoms with Gasteiger partial charge in [-0.15, -0.1) is 0 Å². The molecule has 188 valence electrons. The van der Waals surface area contributed by atoms with Crippen molar-refractivity contribution < 1.29 is 24.5 Å². The van der Waals surface area contributed by atoms with Gasteiger partial charge in [0.05, 0.1) is 23.2 Å². The first-order chi connectivity index (χ1) is 17.9. The summed E-state index contributed by atoms with van der Waals surface area (Å²) in [4.78, 5) is 31.3. The fourth-order valence-electron chi connectivity index (χ4n) is 4.82. The first-order valence-corrected chi connectivity index (χ1v) is 12.3. The van der Waals surface area contributed by atoms with Crippen molar-refractivity contribution in [3.05, 3.63) is 100 Å². The minimum absolute atomic E-state index is 0.0175. The number of aliphatic hydroxyl groups is 1. The van der Waals surface area contributed by atoms with Crippen molar-refractivity contribution in [2.75, 3.05) is 13.2 Å². The van der Waals surface area contributed by atoms with Crippen LogP contribution in [0.5, 0.6) is 11.5 Å². The Morgan fingerprint density at radius 3 is 2.68 bits per heavy atom. The highest BCUT2D eigenvalue weighted by Crippen LogP contribution is 2.42. The van der Waals surface area contributed by atoms with Gasteiger partial charge in [0.15, 0.2) is 0 Å². The van der Waals surface area contributed by atoms with Gasteiger partial charge in [0.2, 0.25) is 0 Å². The molecule has 8 heteroatoms. The molecule has 37 heavy (non-hydrogen) atoms. The van der Waals surface area contributed by atoms with Crippen LogP contribution in [-0.2, 0) is 16.0 Å². The number of nitrogens with zero attached hydrogens (tertiary/aromatic N) is 1. The standard InChI is InChI=1S/C29H25ClN2O5/c1-2-37-20-10-11-23(30)22(15-20)27(34)25-26(17-6-5-7-19(33)14-17)32(29(36)28(25)35)13-12-18-16-31-24-9-4-3-8-21(18)24/h3-11,14-16,26,31,33-34H,2,12-13H2,1H3/b27-25+. The maximum absolute atomic E-state index is 13.3. The van der Waals surface area contributed by atoms with E-state index in [2.05, 4.69) is 4.98 Å². The highest BCUT2D eigenvalue weighted by atomic mass is 35.5. The SMILES string of the molecule is CCOc1ccc(Cl)c(/C(O)=C2\C(=O)C(=O)N(CCc3c[nH]c4ccccc34)C2c2cccc(O)c2)c1. The normalized spacial score (nSPS) is 17.0. The summed E-state index contributed by atoms with van der Waals surface area (Å²) in [5, 5.41) is 22.8. The Hall–Kier alpha value is -4.23. The van der Waals surface area contributed by atoms with Gasteiger partial charge in [0, 0.05) is 29.2 Å². The van der Waals surface area contributed by atoms with Crippen molar-refractivity contribution in [1.82, 2.24) is 9.88 Å². The number of nitrogens with one attached hydrogen (secondary N) is 1. The van der Waals surface area contributed by atoms with Gasteiger partial charge in [0.25, 0.3) is 11.7 Å². The number of ether oxygens (including phenoxy) is 1. The van der Waals surface area contributed by atoms with E-state index < -0.39 is 23.5 Å². The Morgan fingerprint density at radius 1 is 1.08 bits per heavy atom. The number of rotatable bonds is 7. The lowest BCUT2D eigenvalue weighted by Gasteiger charge is -2.25. The van der Waals surface area contributed by atoms with Crippen molar-refractivity contribution in [1.29, 1.82) is 0 Å². The minimum Gasteiger partial charge on any atom is -0.508 e. The Morgan fingerprint density at radius 2 is 1.89 bits per heavy atom. The van der Waals surface area contributed by atoms with Crippen LogP contribution >= 0.6 is 11.6 Å². The molecule has 3 aromatic carbocycles. The smallest absolute Gasteiger partial charge is 0.295 e. The fourth-order valence-corrected chi connectivity index (χ4v) is 5.03. The van der Waals surface area contributed by atoms with Crippen LogP contribution in [0.1, 0.15) is 29.7 Å². The van der Waals surface area contributed by atoms with E-state index in [4.69, 9.17) is 16.3 Å². The van der Waals surface area contributed by atoms with Gasteiger partial charge in [-0.2, -0.15) is 0 Å². The number of ketones is 1. The lowest BCUT2D eigenvalue weighted by atomic mass is 9.95. The molecule has 1 fully saturated rings. The van der Waals surface area contributed by atoms with Gasteiger partial charge in [-0.05, 0) is 60.9 Å². The highest BCUT2D eigenvalue weighted by molar-refractivity contribution is 6.47. The lowest BCUT2D eigenvalue weighted by Crippen LogP contribution is -2.31. The molecule has 3 N–H and O–H groups in total. The Kier molecular flexibility index (Phi) is 6.63. The predicted molar refractivity (Wildman–Crippen MR) is 142 cm³/mol. The number of carbonyl (C=O) groups excluding carboxylic acids is 2. The quantitative estimate of drug-likeness (QED) is 0.169. The number of halogens is 1. The van der Waals surface area contributed by atoms with Gasteiger partial charge in [-0.3, -0.25) is 9.59 Å². The fraction of sp³-hybridized carbons (Fsp3) is 0.172. The molecule has 4 aromatic rings. The maximum Gasteiger partial charge on any atom is 0.295 e. The monoisotopic (exact) mass is 516 g/mol. The number of hydrogen-bond donors (Lipinski definition) is 3. The zero-order valence-electron chi connectivity index (χ0n) is 20.1. The van der Waals surface area contributed by atoms with Gasteiger partial charge in [0.1, 0.15) is 17.3 Å². The van der Waals surface area contributed by atoms with Crippen LogP contribution < -0.4 is 4.74 Å². The Labute approximate surface area is 218 Å². The van der Waals surface area contributed by atoms with Crippen molar-refractivity contribution in [3.63, 3.8) is 0 Å². The van der Waals surface area contributed by atoms with Crippen molar-refractivity contribution in [2.24, 2.45) is 0 Å². The number of para-hydroxylation sites is 1. The number of phenolic OH excluding ortho intramolecular Hbond substituents is 1. The van der Waals surface area contributed by atoms with Crippen molar-refractivity contribution >= 4 is 40.0 Å². The van der Waals surface area contributed by atoms with E-state index in [-0.39, 0.29) is 28.5 Å². The van der Waals surface area contributed by atoms with Crippen LogP contribution in [0.3, 0.4) is 0 Å². The van der Waals surface area contributed by atoms with E-state index in [1.807, 2.05) is 37.4 Å². The molecule has 1 amide bonds. The first kappa shape index (κ1) is 24.5. The van der Waals surface area contributed by atoms with Gasteiger partial charge in [-0.1, -0.05) is 41.9 Å². The number of carbonyl (C=O) groups is 2. The number of amides is 1. The predicted octanol–water partition coefficient (Wildman–Crippen LogP) is 5.59. The summed E-state index contributed by atoms with van der Waals surface area (Å²) in [6.07, 6.45) is 2.37. The lowest BCUT2D eigenvalue weighted by molar-refractivity contribution is -0.139. The summed E-state index contributed by atoms with van der Waals surface area (Å²) < 4.78 is 5.54.